The molecule has 9 nitrogen and oxygen atoms in total. The lowest BCUT2D eigenvalue weighted by atomic mass is 10.6. The molecule has 0 amide bonds. The highest BCUT2D eigenvalue weighted by Crippen LogP contribution is 1.84. The molecule has 0 aliphatic carbocycles. The minimum Gasteiger partial charge on any atom is -0.378 e. The average molecular weight is 338 g/mol. The molecule has 0 aromatic carbocycles. The van der Waals surface area contributed by atoms with Crippen LogP contribution in [0.15, 0.2) is 5.18 Å². The summed E-state index contributed by atoms with van der Waals surface area (Å²) >= 11 is 0. The Morgan fingerprint density at radius 2 is 0.826 bits per heavy atom. The second kappa shape index (κ2) is 21.3. The second-order valence-corrected chi connectivity index (χ2v) is 4.32. The molecule has 0 aliphatic rings. The molecule has 0 aliphatic heterocycles. The number of nitrogens with two attached hydrogens (primary N) is 1. The largest absolute Gasteiger partial charge is 0.378 e. The summed E-state index contributed by atoms with van der Waals surface area (Å²) in [4.78, 5) is 9.78. The van der Waals surface area contributed by atoms with Crippen molar-refractivity contribution in [3.63, 3.8) is 0 Å². The highest BCUT2D eigenvalue weighted by Gasteiger charge is 1.93. The van der Waals surface area contributed by atoms with Crippen molar-refractivity contribution in [2.75, 3.05) is 92.4 Å². The first kappa shape index (κ1) is 22.3. The topological polar surface area (TPSA) is 111 Å². The number of nitrogens with zero attached hydrogens (tertiary/aromatic N) is 1. The number of hydrogen-bond donors (Lipinski definition) is 1. The van der Waals surface area contributed by atoms with E-state index in [2.05, 4.69) is 5.18 Å². The third-order valence-electron chi connectivity index (χ3n) is 2.45. The van der Waals surface area contributed by atoms with Gasteiger partial charge in [-0.3, -0.25) is 0 Å². The molecule has 0 saturated heterocycles. The molecule has 0 spiro atoms. The Labute approximate surface area is 137 Å². The summed E-state index contributed by atoms with van der Waals surface area (Å²) in [6, 6.07) is 0. The lowest BCUT2D eigenvalue weighted by Gasteiger charge is -2.07. The van der Waals surface area contributed by atoms with Gasteiger partial charge in [-0.15, -0.1) is 0 Å². The molecule has 0 aromatic heterocycles. The molecule has 0 atom stereocenters. The molecule has 0 bridgehead atoms. The van der Waals surface area contributed by atoms with Crippen LogP contribution < -0.4 is 5.73 Å². The van der Waals surface area contributed by atoms with Gasteiger partial charge in [0.1, 0.15) is 6.54 Å². The molecule has 0 aromatic rings. The number of rotatable bonds is 20. The van der Waals surface area contributed by atoms with Crippen molar-refractivity contribution in [2.24, 2.45) is 10.9 Å². The van der Waals surface area contributed by atoms with E-state index in [0.29, 0.717) is 85.8 Å². The Hall–Kier alpha value is -0.680. The molecule has 0 unspecified atom stereocenters. The zero-order chi connectivity index (χ0) is 16.8. The van der Waals surface area contributed by atoms with Gasteiger partial charge < -0.3 is 34.2 Å². The minimum absolute atomic E-state index is 0.177. The maximum Gasteiger partial charge on any atom is 0.104 e. The molecule has 23 heavy (non-hydrogen) atoms. The summed E-state index contributed by atoms with van der Waals surface area (Å²) in [5.74, 6) is 0. The Balaban J connectivity index is 2.93. The van der Waals surface area contributed by atoms with Crippen molar-refractivity contribution in [1.29, 1.82) is 0 Å². The summed E-state index contributed by atoms with van der Waals surface area (Å²) in [6.07, 6.45) is 0. The molecular weight excluding hydrogens is 308 g/mol. The van der Waals surface area contributed by atoms with Gasteiger partial charge in [0.25, 0.3) is 0 Å². The van der Waals surface area contributed by atoms with Gasteiger partial charge in [0.15, 0.2) is 0 Å². The van der Waals surface area contributed by atoms with Gasteiger partial charge in [0, 0.05) is 6.54 Å². The maximum absolute atomic E-state index is 9.78. The summed E-state index contributed by atoms with van der Waals surface area (Å²) in [5, 5.41) is 2.68. The van der Waals surface area contributed by atoms with E-state index in [-0.39, 0.29) is 6.54 Å². The van der Waals surface area contributed by atoms with E-state index in [0.717, 1.165) is 0 Å². The van der Waals surface area contributed by atoms with Crippen LogP contribution in [0.4, 0.5) is 0 Å². The van der Waals surface area contributed by atoms with Crippen molar-refractivity contribution < 1.29 is 28.4 Å². The van der Waals surface area contributed by atoms with E-state index in [9.17, 15) is 4.91 Å². The monoisotopic (exact) mass is 338 g/mol. The zero-order valence-corrected chi connectivity index (χ0v) is 13.8. The van der Waals surface area contributed by atoms with Gasteiger partial charge in [-0.1, -0.05) is 5.18 Å². The molecule has 0 rings (SSSR count). The fraction of sp³-hybridized carbons (Fsp3) is 1.00. The summed E-state index contributed by atoms with van der Waals surface area (Å²) in [5.41, 5.74) is 5.28. The van der Waals surface area contributed by atoms with Crippen LogP contribution in [0, 0.1) is 4.91 Å². The molecule has 0 fully saturated rings. The Morgan fingerprint density at radius 3 is 1.13 bits per heavy atom. The third kappa shape index (κ3) is 21.3. The average Bonchev–Trinajstić information content (AvgIpc) is 2.57. The Bertz CT molecular complexity index is 235. The Kier molecular flexibility index (Phi) is 20.7. The predicted octanol–water partition coefficient (Wildman–Crippen LogP) is -0.189. The summed E-state index contributed by atoms with van der Waals surface area (Å²) in [7, 11) is 0. The molecule has 0 radical (unpaired) electrons. The van der Waals surface area contributed by atoms with Crippen LogP contribution >= 0.6 is 0 Å². The van der Waals surface area contributed by atoms with E-state index in [4.69, 9.17) is 34.2 Å². The quantitative estimate of drug-likeness (QED) is 0.240. The van der Waals surface area contributed by atoms with Crippen LogP contribution in [0.5, 0.6) is 0 Å². The van der Waals surface area contributed by atoms with Crippen molar-refractivity contribution in [3.8, 4) is 0 Å². The van der Waals surface area contributed by atoms with Crippen molar-refractivity contribution in [3.05, 3.63) is 4.91 Å². The smallest absolute Gasteiger partial charge is 0.104 e. The van der Waals surface area contributed by atoms with Gasteiger partial charge in [-0.2, -0.15) is 4.91 Å². The molecule has 2 N–H and O–H groups in total. The van der Waals surface area contributed by atoms with E-state index in [1.165, 1.54) is 0 Å². The van der Waals surface area contributed by atoms with Crippen molar-refractivity contribution >= 4 is 0 Å². The maximum atomic E-state index is 9.78. The van der Waals surface area contributed by atoms with Crippen LogP contribution in [0.3, 0.4) is 0 Å². The van der Waals surface area contributed by atoms with E-state index in [1.807, 2.05) is 0 Å². The van der Waals surface area contributed by atoms with Crippen molar-refractivity contribution in [1.82, 2.24) is 0 Å². The normalized spacial score (nSPS) is 11.0. The number of ether oxygens (including phenoxy) is 6. The van der Waals surface area contributed by atoms with Gasteiger partial charge in [-0.25, -0.2) is 0 Å². The van der Waals surface area contributed by atoms with Crippen LogP contribution in [-0.2, 0) is 28.4 Å². The second-order valence-electron chi connectivity index (χ2n) is 4.32. The lowest BCUT2D eigenvalue weighted by Crippen LogP contribution is -2.15. The van der Waals surface area contributed by atoms with Crippen molar-refractivity contribution in [2.45, 2.75) is 0 Å². The first-order chi connectivity index (χ1) is 11.4. The molecule has 138 valence electrons. The summed E-state index contributed by atoms with van der Waals surface area (Å²) < 4.78 is 31.5. The molecular formula is C14H30N2O7. The van der Waals surface area contributed by atoms with Gasteiger partial charge in [0.05, 0.1) is 79.3 Å². The minimum atomic E-state index is 0.177. The molecule has 9 heteroatoms. The zero-order valence-electron chi connectivity index (χ0n) is 13.8. The van der Waals surface area contributed by atoms with E-state index < -0.39 is 0 Å². The van der Waals surface area contributed by atoms with Crippen LogP contribution in [0.25, 0.3) is 0 Å². The molecule has 0 saturated carbocycles. The first-order valence-corrected chi connectivity index (χ1v) is 7.87. The summed E-state index contributed by atoms with van der Waals surface area (Å²) in [6.45, 7) is 6.76. The molecule has 0 heterocycles. The van der Waals surface area contributed by atoms with Crippen LogP contribution in [0.2, 0.25) is 0 Å². The van der Waals surface area contributed by atoms with Crippen LogP contribution in [0.1, 0.15) is 0 Å². The van der Waals surface area contributed by atoms with Gasteiger partial charge >= 0.3 is 0 Å². The van der Waals surface area contributed by atoms with E-state index >= 15 is 0 Å². The fourth-order valence-corrected chi connectivity index (χ4v) is 1.39. The highest BCUT2D eigenvalue weighted by atomic mass is 16.6. The van der Waals surface area contributed by atoms with E-state index in [1.54, 1.807) is 0 Å². The van der Waals surface area contributed by atoms with Crippen LogP contribution in [-0.4, -0.2) is 92.4 Å². The standard InChI is InChI=1S/C14H30N2O7/c15-1-3-18-5-7-20-9-11-22-13-14-23-12-10-21-8-6-19-4-2-16-17/h1-15H2. The number of hydrogen-bond acceptors (Lipinski definition) is 9. The Morgan fingerprint density at radius 1 is 0.522 bits per heavy atom. The van der Waals surface area contributed by atoms with Gasteiger partial charge in [0.2, 0.25) is 0 Å². The highest BCUT2D eigenvalue weighted by molar-refractivity contribution is 4.39. The first-order valence-electron chi connectivity index (χ1n) is 7.87. The third-order valence-corrected chi connectivity index (χ3v) is 2.45. The predicted molar refractivity (Wildman–Crippen MR) is 84.6 cm³/mol. The van der Waals surface area contributed by atoms with Gasteiger partial charge in [-0.05, 0) is 0 Å². The fourth-order valence-electron chi connectivity index (χ4n) is 1.39. The lowest BCUT2D eigenvalue weighted by molar-refractivity contribution is -0.0160. The SMILES string of the molecule is NCCOCCOCCOCCOCCOCCOCCN=O. The number of nitroso groups, excluding NO2 is 1.